The lowest BCUT2D eigenvalue weighted by Gasteiger charge is -2.32. The molecule has 5 rings (SSSR count). The van der Waals surface area contributed by atoms with E-state index in [0.717, 1.165) is 41.2 Å². The van der Waals surface area contributed by atoms with Crippen molar-refractivity contribution in [1.29, 1.82) is 0 Å². The molecule has 1 aromatic heterocycles. The normalized spacial score (nSPS) is 19.9. The number of nitrogens with zero attached hydrogens (tertiary/aromatic N) is 2. The summed E-state index contributed by atoms with van der Waals surface area (Å²) in [6.07, 6.45) is 7.76. The van der Waals surface area contributed by atoms with E-state index in [-0.39, 0.29) is 11.8 Å². The van der Waals surface area contributed by atoms with Crippen LogP contribution in [0.1, 0.15) is 24.8 Å². The van der Waals surface area contributed by atoms with E-state index in [4.69, 9.17) is 14.2 Å². The Hall–Kier alpha value is -3.52. The van der Waals surface area contributed by atoms with Gasteiger partial charge in [-0.05, 0) is 74.3 Å². The number of piperidine rings is 1. The molecule has 0 aliphatic carbocycles. The highest BCUT2D eigenvalue weighted by atomic mass is 16.5. The Kier molecular flexibility index (Phi) is 6.90. The van der Waals surface area contributed by atoms with Gasteiger partial charge in [0, 0.05) is 17.8 Å². The topological polar surface area (TPSA) is 88.7 Å². The third-order valence-corrected chi connectivity index (χ3v) is 6.97. The number of hydrogen-bond acceptors (Lipinski definition) is 6. The molecule has 0 spiro atoms. The zero-order valence-corrected chi connectivity index (χ0v) is 20.3. The predicted molar refractivity (Wildman–Crippen MR) is 134 cm³/mol. The zero-order valence-electron chi connectivity index (χ0n) is 20.3. The number of carbonyl (C=O) groups excluding carboxylic acids is 1. The highest BCUT2D eigenvalue weighted by Crippen LogP contribution is 2.34. The van der Waals surface area contributed by atoms with E-state index >= 15 is 0 Å². The standard InChI is InChI=1S/C27H32N4O4/c1-31-10-4-3-5-22(31)17-35-26-13-18(21-14-28-29-15-21)6-8-24(26)30-27(32)20-11-19-12-23(33-2)7-9-25(19)34-16-20/h6-9,12-15,20,22H,3-5,10-11,16-17H2,1-2H3,(H,28,29)(H,30,32)/t20-,22-/m1/s1. The van der Waals surface area contributed by atoms with Crippen molar-refractivity contribution < 1.29 is 19.0 Å². The third-order valence-electron chi connectivity index (χ3n) is 6.97. The number of nitrogens with one attached hydrogen (secondary N) is 2. The van der Waals surface area contributed by atoms with Gasteiger partial charge in [-0.15, -0.1) is 0 Å². The highest BCUT2D eigenvalue weighted by Gasteiger charge is 2.27. The third kappa shape index (κ3) is 5.27. The molecule has 2 aliphatic rings. The summed E-state index contributed by atoms with van der Waals surface area (Å²) in [5, 5.41) is 10.0. The number of H-pyrrole nitrogens is 1. The molecule has 3 heterocycles. The molecule has 0 unspecified atom stereocenters. The van der Waals surface area contributed by atoms with Crippen LogP contribution in [0.3, 0.4) is 0 Å². The van der Waals surface area contributed by atoms with Gasteiger partial charge >= 0.3 is 0 Å². The number of fused-ring (bicyclic) bond motifs is 1. The van der Waals surface area contributed by atoms with Crippen molar-refractivity contribution in [2.75, 3.05) is 39.2 Å². The zero-order chi connectivity index (χ0) is 24.2. The molecule has 0 saturated carbocycles. The van der Waals surface area contributed by atoms with Gasteiger partial charge in [-0.1, -0.05) is 12.5 Å². The second kappa shape index (κ2) is 10.4. The first-order valence-electron chi connectivity index (χ1n) is 12.2. The second-order valence-electron chi connectivity index (χ2n) is 9.31. The summed E-state index contributed by atoms with van der Waals surface area (Å²) in [4.78, 5) is 15.6. The number of likely N-dealkylation sites (N-methyl/N-ethyl adjacent to an activating group) is 1. The largest absolute Gasteiger partial charge is 0.497 e. The highest BCUT2D eigenvalue weighted by molar-refractivity contribution is 5.95. The fourth-order valence-corrected chi connectivity index (χ4v) is 4.78. The van der Waals surface area contributed by atoms with E-state index in [9.17, 15) is 4.79 Å². The van der Waals surface area contributed by atoms with E-state index in [0.29, 0.717) is 37.1 Å². The Balaban J connectivity index is 1.33. The first kappa shape index (κ1) is 23.2. The van der Waals surface area contributed by atoms with Crippen molar-refractivity contribution in [2.45, 2.75) is 31.7 Å². The monoisotopic (exact) mass is 476 g/mol. The van der Waals surface area contributed by atoms with Gasteiger partial charge in [-0.25, -0.2) is 0 Å². The molecule has 8 nitrogen and oxygen atoms in total. The summed E-state index contributed by atoms with van der Waals surface area (Å²) >= 11 is 0. The van der Waals surface area contributed by atoms with Crippen LogP contribution in [-0.2, 0) is 11.2 Å². The molecule has 3 aromatic rings. The summed E-state index contributed by atoms with van der Waals surface area (Å²) in [5.41, 5.74) is 3.58. The Morgan fingerprint density at radius 2 is 2.14 bits per heavy atom. The lowest BCUT2D eigenvalue weighted by atomic mass is 9.95. The van der Waals surface area contributed by atoms with Gasteiger partial charge in [0.1, 0.15) is 30.5 Å². The maximum Gasteiger partial charge on any atom is 0.231 e. The number of carbonyl (C=O) groups is 1. The molecule has 2 atom stereocenters. The minimum atomic E-state index is -0.305. The fraction of sp³-hybridized carbons (Fsp3) is 0.407. The quantitative estimate of drug-likeness (QED) is 0.533. The van der Waals surface area contributed by atoms with Crippen LogP contribution in [0.25, 0.3) is 11.1 Å². The molecule has 2 aliphatic heterocycles. The molecule has 1 saturated heterocycles. The Morgan fingerprint density at radius 1 is 1.23 bits per heavy atom. The van der Waals surface area contributed by atoms with Gasteiger partial charge in [0.2, 0.25) is 5.91 Å². The van der Waals surface area contributed by atoms with Crippen LogP contribution in [-0.4, -0.2) is 61.0 Å². The van der Waals surface area contributed by atoms with E-state index in [2.05, 4.69) is 27.5 Å². The number of ether oxygens (including phenoxy) is 3. The SMILES string of the molecule is COc1ccc2c(c1)C[C@@H](C(=O)Nc1ccc(-c3cn[nH]c3)cc1OC[C@H]1CCCCN1C)CO2. The maximum atomic E-state index is 13.3. The summed E-state index contributed by atoms with van der Waals surface area (Å²) in [5.74, 6) is 1.83. The average Bonchev–Trinajstić information content (AvgIpc) is 3.43. The molecule has 184 valence electrons. The molecular weight excluding hydrogens is 444 g/mol. The number of hydrogen-bond donors (Lipinski definition) is 2. The molecule has 1 amide bonds. The number of anilines is 1. The number of rotatable bonds is 7. The Morgan fingerprint density at radius 3 is 2.94 bits per heavy atom. The number of benzene rings is 2. The number of aromatic amines is 1. The molecule has 1 fully saturated rings. The van der Waals surface area contributed by atoms with Crippen molar-refractivity contribution in [1.82, 2.24) is 15.1 Å². The van der Waals surface area contributed by atoms with E-state index in [1.807, 2.05) is 42.6 Å². The molecule has 0 bridgehead atoms. The number of amides is 1. The molecule has 2 N–H and O–H groups in total. The van der Waals surface area contributed by atoms with Crippen LogP contribution in [0.5, 0.6) is 17.2 Å². The Bertz CT molecular complexity index is 1160. The van der Waals surface area contributed by atoms with Crippen molar-refractivity contribution in [3.8, 4) is 28.4 Å². The van der Waals surface area contributed by atoms with Crippen LogP contribution < -0.4 is 19.5 Å². The molecule has 0 radical (unpaired) electrons. The molecule has 35 heavy (non-hydrogen) atoms. The summed E-state index contributed by atoms with van der Waals surface area (Å²) in [6, 6.07) is 11.9. The first-order chi connectivity index (χ1) is 17.1. The van der Waals surface area contributed by atoms with Crippen molar-refractivity contribution in [2.24, 2.45) is 5.92 Å². The van der Waals surface area contributed by atoms with Crippen LogP contribution in [0.15, 0.2) is 48.8 Å². The van der Waals surface area contributed by atoms with Crippen LogP contribution >= 0.6 is 0 Å². The van der Waals surface area contributed by atoms with Gasteiger partial charge in [0.05, 0.1) is 24.9 Å². The molecule has 8 heteroatoms. The van der Waals surface area contributed by atoms with Crippen molar-refractivity contribution in [3.05, 3.63) is 54.4 Å². The second-order valence-corrected chi connectivity index (χ2v) is 9.31. The van der Waals surface area contributed by atoms with Crippen LogP contribution in [0.4, 0.5) is 5.69 Å². The molecule has 2 aromatic carbocycles. The number of likely N-dealkylation sites (tertiary alicyclic amines) is 1. The minimum Gasteiger partial charge on any atom is -0.497 e. The minimum absolute atomic E-state index is 0.0887. The van der Waals surface area contributed by atoms with Gasteiger partial charge in [0.15, 0.2) is 0 Å². The van der Waals surface area contributed by atoms with Crippen LogP contribution in [0.2, 0.25) is 0 Å². The van der Waals surface area contributed by atoms with Gasteiger partial charge in [-0.3, -0.25) is 9.89 Å². The summed E-state index contributed by atoms with van der Waals surface area (Å²) in [7, 11) is 3.78. The van der Waals surface area contributed by atoms with Crippen molar-refractivity contribution >= 4 is 11.6 Å². The van der Waals surface area contributed by atoms with Gasteiger partial charge in [0.25, 0.3) is 0 Å². The van der Waals surface area contributed by atoms with E-state index < -0.39 is 0 Å². The van der Waals surface area contributed by atoms with Crippen LogP contribution in [0, 0.1) is 5.92 Å². The average molecular weight is 477 g/mol. The van der Waals surface area contributed by atoms with E-state index in [1.165, 1.54) is 12.8 Å². The summed E-state index contributed by atoms with van der Waals surface area (Å²) < 4.78 is 17.5. The fourth-order valence-electron chi connectivity index (χ4n) is 4.78. The smallest absolute Gasteiger partial charge is 0.231 e. The first-order valence-corrected chi connectivity index (χ1v) is 12.2. The number of methoxy groups -OCH3 is 1. The number of aromatic nitrogens is 2. The summed E-state index contributed by atoms with van der Waals surface area (Å²) in [6.45, 7) is 2.00. The van der Waals surface area contributed by atoms with E-state index in [1.54, 1.807) is 13.3 Å². The molecular formula is C27H32N4O4. The van der Waals surface area contributed by atoms with Crippen molar-refractivity contribution in [3.63, 3.8) is 0 Å². The Labute approximate surface area is 205 Å². The predicted octanol–water partition coefficient (Wildman–Crippen LogP) is 4.14. The van der Waals surface area contributed by atoms with Gasteiger partial charge in [-0.2, -0.15) is 5.10 Å². The maximum absolute atomic E-state index is 13.3. The lowest BCUT2D eigenvalue weighted by molar-refractivity contribution is -0.121. The van der Waals surface area contributed by atoms with Gasteiger partial charge < -0.3 is 24.4 Å². The lowest BCUT2D eigenvalue weighted by Crippen LogP contribution is -2.40.